The molecule has 0 heterocycles. The van der Waals surface area contributed by atoms with E-state index in [1.165, 1.54) is 0 Å². The highest BCUT2D eigenvalue weighted by atomic mass is 35.5. The van der Waals surface area contributed by atoms with Crippen molar-refractivity contribution in [2.45, 2.75) is 20.3 Å². The molecule has 0 radical (unpaired) electrons. The maximum atomic E-state index is 11.9. The van der Waals surface area contributed by atoms with Crippen LogP contribution in [0.25, 0.3) is 0 Å². The zero-order chi connectivity index (χ0) is 19.6. The summed E-state index contributed by atoms with van der Waals surface area (Å²) in [6.45, 7) is 3.89. The normalized spacial score (nSPS) is 11.0. The lowest BCUT2D eigenvalue weighted by molar-refractivity contribution is -0.123. The molecule has 1 N–H and O–H groups in total. The molecule has 0 saturated heterocycles. The Hall–Kier alpha value is -2.86. The van der Waals surface area contributed by atoms with Crippen LogP contribution in [0.4, 0.5) is 0 Å². The van der Waals surface area contributed by atoms with Gasteiger partial charge in [-0.1, -0.05) is 30.7 Å². The molecular weight excluding hydrogens is 368 g/mol. The maximum absolute atomic E-state index is 11.9. The molecule has 0 aromatic heterocycles. The number of hydrogen-bond acceptors (Lipinski definition) is 5. The summed E-state index contributed by atoms with van der Waals surface area (Å²) in [4.78, 5) is 23.6. The SMILES string of the molecule is CCCOC(=O)c1ccc(OCC(=O)N/N=C(\C)c2ccc(Cl)cc2)cc1. The average Bonchev–Trinajstić information content (AvgIpc) is 2.69. The van der Waals surface area contributed by atoms with Crippen LogP contribution < -0.4 is 10.2 Å². The Bertz CT molecular complexity index is 802. The lowest BCUT2D eigenvalue weighted by Crippen LogP contribution is -2.25. The van der Waals surface area contributed by atoms with Crippen molar-refractivity contribution in [1.29, 1.82) is 0 Å². The Kier molecular flexibility index (Phi) is 7.82. The van der Waals surface area contributed by atoms with Crippen molar-refractivity contribution in [2.75, 3.05) is 13.2 Å². The summed E-state index contributed by atoms with van der Waals surface area (Å²) in [5.74, 6) is -0.307. The highest BCUT2D eigenvalue weighted by Crippen LogP contribution is 2.13. The van der Waals surface area contributed by atoms with Crippen molar-refractivity contribution in [3.05, 3.63) is 64.7 Å². The fourth-order valence-electron chi connectivity index (χ4n) is 2.05. The van der Waals surface area contributed by atoms with Crippen molar-refractivity contribution >= 4 is 29.2 Å². The van der Waals surface area contributed by atoms with E-state index in [0.717, 1.165) is 12.0 Å². The number of esters is 1. The van der Waals surface area contributed by atoms with Crippen LogP contribution in [0, 0.1) is 0 Å². The van der Waals surface area contributed by atoms with Crippen molar-refractivity contribution < 1.29 is 19.1 Å². The predicted molar refractivity (Wildman–Crippen MR) is 104 cm³/mol. The Balaban J connectivity index is 1.82. The number of carbonyl (C=O) groups is 2. The molecule has 0 aliphatic rings. The number of hydrogen-bond donors (Lipinski definition) is 1. The van der Waals surface area contributed by atoms with Gasteiger partial charge >= 0.3 is 5.97 Å². The van der Waals surface area contributed by atoms with Gasteiger partial charge in [-0.2, -0.15) is 5.10 Å². The third-order valence-corrected chi connectivity index (χ3v) is 3.76. The summed E-state index contributed by atoms with van der Waals surface area (Å²) in [5.41, 5.74) is 4.37. The van der Waals surface area contributed by atoms with Gasteiger partial charge in [0.25, 0.3) is 5.91 Å². The van der Waals surface area contributed by atoms with E-state index in [1.54, 1.807) is 43.3 Å². The molecule has 27 heavy (non-hydrogen) atoms. The first-order valence-electron chi connectivity index (χ1n) is 8.48. The average molecular weight is 389 g/mol. The van der Waals surface area contributed by atoms with Crippen LogP contribution >= 0.6 is 11.6 Å². The highest BCUT2D eigenvalue weighted by Gasteiger charge is 2.08. The quantitative estimate of drug-likeness (QED) is 0.423. The van der Waals surface area contributed by atoms with Crippen molar-refractivity contribution in [3.8, 4) is 5.75 Å². The van der Waals surface area contributed by atoms with Gasteiger partial charge in [0.05, 0.1) is 17.9 Å². The van der Waals surface area contributed by atoms with E-state index in [-0.39, 0.29) is 12.6 Å². The molecule has 0 atom stereocenters. The van der Waals surface area contributed by atoms with E-state index >= 15 is 0 Å². The van der Waals surface area contributed by atoms with Gasteiger partial charge in [-0.15, -0.1) is 0 Å². The van der Waals surface area contributed by atoms with Crippen LogP contribution in [0.5, 0.6) is 5.75 Å². The number of hydrazone groups is 1. The standard InChI is InChI=1S/C20H21ClN2O4/c1-3-12-26-20(25)16-6-10-18(11-7-16)27-13-19(24)23-22-14(2)15-4-8-17(21)9-5-15/h4-11H,3,12-13H2,1-2H3,(H,23,24)/b22-14+. The van der Waals surface area contributed by atoms with Crippen molar-refractivity contribution in [1.82, 2.24) is 5.43 Å². The van der Waals surface area contributed by atoms with Crippen LogP contribution in [0.15, 0.2) is 53.6 Å². The molecule has 2 aromatic carbocycles. The molecule has 6 nitrogen and oxygen atoms in total. The molecule has 0 aliphatic heterocycles. The summed E-state index contributed by atoms with van der Waals surface area (Å²) in [7, 11) is 0. The van der Waals surface area contributed by atoms with Crippen LogP contribution in [0.3, 0.4) is 0 Å². The number of rotatable bonds is 8. The second-order valence-corrected chi connectivity index (χ2v) is 6.12. The van der Waals surface area contributed by atoms with E-state index in [0.29, 0.717) is 28.7 Å². The van der Waals surface area contributed by atoms with Gasteiger partial charge in [0, 0.05) is 5.02 Å². The smallest absolute Gasteiger partial charge is 0.338 e. The zero-order valence-corrected chi connectivity index (χ0v) is 16.0. The highest BCUT2D eigenvalue weighted by molar-refractivity contribution is 6.30. The molecule has 0 unspecified atom stereocenters. The molecule has 1 amide bonds. The number of halogens is 1. The van der Waals surface area contributed by atoms with Gasteiger partial charge in [0.1, 0.15) is 5.75 Å². The zero-order valence-electron chi connectivity index (χ0n) is 15.2. The number of carbonyl (C=O) groups excluding carboxylic acids is 2. The fraction of sp³-hybridized carbons (Fsp3) is 0.250. The lowest BCUT2D eigenvalue weighted by atomic mass is 10.1. The van der Waals surface area contributed by atoms with Crippen molar-refractivity contribution in [2.24, 2.45) is 5.10 Å². The number of nitrogens with one attached hydrogen (secondary N) is 1. The van der Waals surface area contributed by atoms with E-state index < -0.39 is 5.91 Å². The van der Waals surface area contributed by atoms with Crippen LogP contribution in [-0.2, 0) is 9.53 Å². The fourth-order valence-corrected chi connectivity index (χ4v) is 2.17. The molecule has 7 heteroatoms. The van der Waals surface area contributed by atoms with Gasteiger partial charge in [0.15, 0.2) is 6.61 Å². The second kappa shape index (κ2) is 10.3. The summed E-state index contributed by atoms with van der Waals surface area (Å²) in [6, 6.07) is 13.5. The van der Waals surface area contributed by atoms with Crippen LogP contribution in [0.2, 0.25) is 5.02 Å². The van der Waals surface area contributed by atoms with Crippen LogP contribution in [-0.4, -0.2) is 30.8 Å². The van der Waals surface area contributed by atoms with E-state index in [1.807, 2.05) is 19.1 Å². The third-order valence-electron chi connectivity index (χ3n) is 3.51. The molecule has 0 fully saturated rings. The first-order chi connectivity index (χ1) is 13.0. The topological polar surface area (TPSA) is 77.0 Å². The van der Waals surface area contributed by atoms with E-state index in [4.69, 9.17) is 21.1 Å². The number of nitrogens with zero attached hydrogens (tertiary/aromatic N) is 1. The molecule has 2 aromatic rings. The monoisotopic (exact) mass is 388 g/mol. The molecule has 0 aliphatic carbocycles. The van der Waals surface area contributed by atoms with Gasteiger partial charge < -0.3 is 9.47 Å². The van der Waals surface area contributed by atoms with Crippen molar-refractivity contribution in [3.63, 3.8) is 0 Å². The summed E-state index contributed by atoms with van der Waals surface area (Å²) in [6.07, 6.45) is 0.766. The van der Waals surface area contributed by atoms with E-state index in [9.17, 15) is 9.59 Å². The molecule has 2 rings (SSSR count). The molecular formula is C20H21ClN2O4. The predicted octanol–water partition coefficient (Wildman–Crippen LogP) is 3.83. The number of amides is 1. The second-order valence-electron chi connectivity index (χ2n) is 5.69. The summed E-state index contributed by atoms with van der Waals surface area (Å²) in [5, 5.41) is 4.67. The first kappa shape index (κ1) is 20.5. The minimum atomic E-state index is -0.394. The Labute approximate surface area is 163 Å². The minimum Gasteiger partial charge on any atom is -0.484 e. The Morgan fingerprint density at radius 2 is 1.67 bits per heavy atom. The molecule has 0 spiro atoms. The van der Waals surface area contributed by atoms with Gasteiger partial charge in [0.2, 0.25) is 0 Å². The Morgan fingerprint density at radius 1 is 1.04 bits per heavy atom. The molecule has 0 saturated carbocycles. The maximum Gasteiger partial charge on any atom is 0.338 e. The minimum absolute atomic E-state index is 0.197. The number of benzene rings is 2. The third kappa shape index (κ3) is 6.75. The van der Waals surface area contributed by atoms with Gasteiger partial charge in [-0.3, -0.25) is 4.79 Å². The first-order valence-corrected chi connectivity index (χ1v) is 8.86. The largest absolute Gasteiger partial charge is 0.484 e. The Morgan fingerprint density at radius 3 is 2.30 bits per heavy atom. The lowest BCUT2D eigenvalue weighted by Gasteiger charge is -2.07. The molecule has 0 bridgehead atoms. The van der Waals surface area contributed by atoms with Crippen LogP contribution in [0.1, 0.15) is 36.2 Å². The van der Waals surface area contributed by atoms with Gasteiger partial charge in [-0.05, 0) is 55.3 Å². The molecule has 142 valence electrons. The number of ether oxygens (including phenoxy) is 2. The van der Waals surface area contributed by atoms with E-state index in [2.05, 4.69) is 10.5 Å². The summed E-state index contributed by atoms with van der Waals surface area (Å²) >= 11 is 5.84. The summed E-state index contributed by atoms with van der Waals surface area (Å²) < 4.78 is 10.4. The van der Waals surface area contributed by atoms with Gasteiger partial charge in [-0.25, -0.2) is 10.2 Å².